The number of H-pyrrole nitrogens is 1. The molecule has 0 spiro atoms. The molecular formula is C15H18N4O2S. The van der Waals surface area contributed by atoms with Crippen LogP contribution in [0.5, 0.6) is 0 Å². The van der Waals surface area contributed by atoms with E-state index in [1.807, 2.05) is 28.7 Å². The van der Waals surface area contributed by atoms with Crippen molar-refractivity contribution in [2.45, 2.75) is 32.0 Å². The lowest BCUT2D eigenvalue weighted by Gasteiger charge is -2.33. The van der Waals surface area contributed by atoms with Crippen LogP contribution in [-0.2, 0) is 4.74 Å². The lowest BCUT2D eigenvalue weighted by atomic mass is 9.91. The fraction of sp³-hybridized carbons (Fsp3) is 0.533. The summed E-state index contributed by atoms with van der Waals surface area (Å²) in [6.07, 6.45) is 1.99. The molecule has 2 aromatic heterocycles. The van der Waals surface area contributed by atoms with Gasteiger partial charge in [-0.2, -0.15) is 16.4 Å². The molecule has 3 atom stereocenters. The minimum absolute atomic E-state index is 0.0452. The molecule has 2 fully saturated rings. The zero-order valence-electron chi connectivity index (χ0n) is 12.4. The maximum Gasteiger partial charge on any atom is 0.254 e. The highest BCUT2D eigenvalue weighted by Crippen LogP contribution is 2.40. The summed E-state index contributed by atoms with van der Waals surface area (Å²) in [5.41, 5.74) is 0.780. The number of aryl methyl sites for hydroxylation is 1. The van der Waals surface area contributed by atoms with Crippen molar-refractivity contribution in [3.8, 4) is 0 Å². The highest BCUT2D eigenvalue weighted by atomic mass is 32.1. The first-order chi connectivity index (χ1) is 10.7. The van der Waals surface area contributed by atoms with E-state index in [0.717, 1.165) is 36.6 Å². The minimum atomic E-state index is -0.0452. The summed E-state index contributed by atoms with van der Waals surface area (Å²) in [7, 11) is 0. The average molecular weight is 318 g/mol. The molecule has 0 radical (unpaired) electrons. The van der Waals surface area contributed by atoms with Crippen LogP contribution >= 0.6 is 11.3 Å². The van der Waals surface area contributed by atoms with Gasteiger partial charge in [0, 0.05) is 18.5 Å². The molecule has 2 aliphatic heterocycles. The molecule has 0 unspecified atom stereocenters. The van der Waals surface area contributed by atoms with Gasteiger partial charge in [0.25, 0.3) is 5.91 Å². The summed E-state index contributed by atoms with van der Waals surface area (Å²) in [5.74, 6) is 2.15. The predicted molar refractivity (Wildman–Crippen MR) is 81.7 cm³/mol. The van der Waals surface area contributed by atoms with Gasteiger partial charge in [-0.3, -0.25) is 9.89 Å². The molecule has 2 aliphatic rings. The topological polar surface area (TPSA) is 71.1 Å². The molecule has 0 bridgehead atoms. The van der Waals surface area contributed by atoms with E-state index in [0.29, 0.717) is 12.5 Å². The third-order valence-corrected chi connectivity index (χ3v) is 5.19. The van der Waals surface area contributed by atoms with E-state index in [4.69, 9.17) is 4.74 Å². The molecule has 0 aliphatic carbocycles. The van der Waals surface area contributed by atoms with Crippen LogP contribution in [0.2, 0.25) is 0 Å². The average Bonchev–Trinajstić information content (AvgIpc) is 3.25. The van der Waals surface area contributed by atoms with E-state index in [1.165, 1.54) is 0 Å². The summed E-state index contributed by atoms with van der Waals surface area (Å²) in [4.78, 5) is 18.7. The Bertz CT molecular complexity index is 669. The SMILES string of the molecule is Cc1nc([C@H]2C[C@@H]3CCN(C(=O)c4ccsc4)C[C@H]3O2)n[nH]1. The Morgan fingerprint density at radius 3 is 3.18 bits per heavy atom. The van der Waals surface area contributed by atoms with Crippen LogP contribution in [0.4, 0.5) is 0 Å². The van der Waals surface area contributed by atoms with Crippen molar-refractivity contribution < 1.29 is 9.53 Å². The number of aromatic amines is 1. The molecule has 4 rings (SSSR count). The summed E-state index contributed by atoms with van der Waals surface area (Å²) in [6, 6.07) is 1.88. The number of nitrogens with one attached hydrogen (secondary N) is 1. The van der Waals surface area contributed by atoms with E-state index in [9.17, 15) is 4.79 Å². The maximum atomic E-state index is 12.5. The van der Waals surface area contributed by atoms with Gasteiger partial charge in [0.15, 0.2) is 5.82 Å². The number of likely N-dealkylation sites (tertiary alicyclic amines) is 1. The van der Waals surface area contributed by atoms with Crippen molar-refractivity contribution in [2.75, 3.05) is 13.1 Å². The van der Waals surface area contributed by atoms with Crippen molar-refractivity contribution in [3.63, 3.8) is 0 Å². The van der Waals surface area contributed by atoms with Crippen LogP contribution in [0.25, 0.3) is 0 Å². The zero-order valence-corrected chi connectivity index (χ0v) is 13.2. The lowest BCUT2D eigenvalue weighted by molar-refractivity contribution is -0.00681. The van der Waals surface area contributed by atoms with Crippen molar-refractivity contribution in [2.24, 2.45) is 5.92 Å². The number of thiophene rings is 1. The molecule has 1 amide bonds. The Hall–Kier alpha value is -1.73. The fourth-order valence-electron chi connectivity index (χ4n) is 3.35. The molecule has 22 heavy (non-hydrogen) atoms. The van der Waals surface area contributed by atoms with Crippen molar-refractivity contribution in [1.82, 2.24) is 20.1 Å². The molecule has 0 aromatic carbocycles. The number of rotatable bonds is 2. The van der Waals surface area contributed by atoms with E-state index < -0.39 is 0 Å². The molecule has 7 heteroatoms. The number of fused-ring (bicyclic) bond motifs is 1. The van der Waals surface area contributed by atoms with Crippen LogP contribution in [0.3, 0.4) is 0 Å². The number of ether oxygens (including phenoxy) is 1. The Kier molecular flexibility index (Phi) is 3.46. The van der Waals surface area contributed by atoms with E-state index in [-0.39, 0.29) is 18.1 Å². The van der Waals surface area contributed by atoms with Crippen molar-refractivity contribution in [1.29, 1.82) is 0 Å². The standard InChI is InChI=1S/C15H18N4O2S/c1-9-16-14(18-17-9)12-6-10-2-4-19(7-13(10)21-12)15(20)11-3-5-22-8-11/h3,5,8,10,12-13H,2,4,6-7H2,1H3,(H,16,17,18)/t10-,12+,13+/m0/s1. The number of hydrogen-bond donors (Lipinski definition) is 1. The monoisotopic (exact) mass is 318 g/mol. The van der Waals surface area contributed by atoms with Crippen LogP contribution in [0.1, 0.15) is 41.0 Å². The van der Waals surface area contributed by atoms with Crippen molar-refractivity contribution >= 4 is 17.2 Å². The van der Waals surface area contributed by atoms with Crippen LogP contribution in [0.15, 0.2) is 16.8 Å². The Labute approximate surface area is 132 Å². The first-order valence-electron chi connectivity index (χ1n) is 7.56. The number of amides is 1. The van der Waals surface area contributed by atoms with Gasteiger partial charge >= 0.3 is 0 Å². The quantitative estimate of drug-likeness (QED) is 0.921. The molecule has 2 saturated heterocycles. The van der Waals surface area contributed by atoms with Gasteiger partial charge in [-0.1, -0.05) is 0 Å². The molecule has 4 heterocycles. The van der Waals surface area contributed by atoms with Gasteiger partial charge in [0.05, 0.1) is 11.7 Å². The smallest absolute Gasteiger partial charge is 0.254 e. The predicted octanol–water partition coefficient (Wildman–Crippen LogP) is 2.17. The lowest BCUT2D eigenvalue weighted by Crippen LogP contribution is -2.45. The highest BCUT2D eigenvalue weighted by molar-refractivity contribution is 7.08. The molecule has 1 N–H and O–H groups in total. The second-order valence-corrected chi connectivity index (χ2v) is 6.77. The highest BCUT2D eigenvalue weighted by Gasteiger charge is 2.42. The minimum Gasteiger partial charge on any atom is -0.365 e. The second kappa shape index (κ2) is 5.48. The number of piperidine rings is 1. The Balaban J connectivity index is 1.44. The summed E-state index contributed by atoms with van der Waals surface area (Å²) < 4.78 is 6.13. The van der Waals surface area contributed by atoms with Gasteiger partial charge in [0.2, 0.25) is 0 Å². The van der Waals surface area contributed by atoms with Crippen LogP contribution < -0.4 is 0 Å². The van der Waals surface area contributed by atoms with Crippen LogP contribution in [0, 0.1) is 12.8 Å². The van der Waals surface area contributed by atoms with Gasteiger partial charge in [0.1, 0.15) is 11.9 Å². The molecule has 0 saturated carbocycles. The summed E-state index contributed by atoms with van der Waals surface area (Å²) >= 11 is 1.55. The first-order valence-corrected chi connectivity index (χ1v) is 8.51. The number of hydrogen-bond acceptors (Lipinski definition) is 5. The third kappa shape index (κ3) is 2.44. The fourth-order valence-corrected chi connectivity index (χ4v) is 3.98. The summed E-state index contributed by atoms with van der Waals surface area (Å²) in [6.45, 7) is 3.36. The van der Waals surface area contributed by atoms with E-state index in [2.05, 4.69) is 15.2 Å². The Morgan fingerprint density at radius 2 is 2.45 bits per heavy atom. The maximum absolute atomic E-state index is 12.5. The largest absolute Gasteiger partial charge is 0.365 e. The Morgan fingerprint density at radius 1 is 1.55 bits per heavy atom. The second-order valence-electron chi connectivity index (χ2n) is 5.99. The number of carbonyl (C=O) groups is 1. The normalized spacial score (nSPS) is 27.9. The van der Waals surface area contributed by atoms with Gasteiger partial charge in [-0.25, -0.2) is 4.98 Å². The van der Waals surface area contributed by atoms with E-state index in [1.54, 1.807) is 11.3 Å². The first kappa shape index (κ1) is 13.9. The van der Waals surface area contributed by atoms with Gasteiger partial charge < -0.3 is 9.64 Å². The summed E-state index contributed by atoms with van der Waals surface area (Å²) in [5, 5.41) is 10.9. The zero-order chi connectivity index (χ0) is 15.1. The van der Waals surface area contributed by atoms with Gasteiger partial charge in [-0.15, -0.1) is 0 Å². The molecule has 6 nitrogen and oxygen atoms in total. The molecule has 116 valence electrons. The number of carbonyl (C=O) groups excluding carboxylic acids is 1. The molecule has 2 aromatic rings. The molecular weight excluding hydrogens is 300 g/mol. The number of aromatic nitrogens is 3. The third-order valence-electron chi connectivity index (χ3n) is 4.51. The van der Waals surface area contributed by atoms with Gasteiger partial charge in [-0.05, 0) is 37.1 Å². The number of nitrogens with zero attached hydrogens (tertiary/aromatic N) is 3. The van der Waals surface area contributed by atoms with Crippen molar-refractivity contribution in [3.05, 3.63) is 34.0 Å². The van der Waals surface area contributed by atoms with Crippen LogP contribution in [-0.4, -0.2) is 45.2 Å². The van der Waals surface area contributed by atoms with E-state index >= 15 is 0 Å².